The van der Waals surface area contributed by atoms with Gasteiger partial charge in [-0.25, -0.2) is 13.2 Å². The Labute approximate surface area is 187 Å². The summed E-state index contributed by atoms with van der Waals surface area (Å²) in [6, 6.07) is 0.795. The van der Waals surface area contributed by atoms with Crippen molar-refractivity contribution in [3.63, 3.8) is 0 Å². The molecule has 2 bridgehead atoms. The highest BCUT2D eigenvalue weighted by Crippen LogP contribution is 2.28. The predicted molar refractivity (Wildman–Crippen MR) is 112 cm³/mol. The van der Waals surface area contributed by atoms with Gasteiger partial charge in [-0.3, -0.25) is 24.1 Å². The molecule has 2 aliphatic rings. The number of aromatic hydroxyl groups is 1. The van der Waals surface area contributed by atoms with Crippen molar-refractivity contribution in [2.45, 2.75) is 51.7 Å². The Kier molecular flexibility index (Phi) is 5.81. The van der Waals surface area contributed by atoms with E-state index in [1.165, 1.54) is 4.68 Å². The summed E-state index contributed by atoms with van der Waals surface area (Å²) >= 11 is 0. The molecule has 1 aromatic carbocycles. The highest BCUT2D eigenvalue weighted by Gasteiger charge is 2.38. The van der Waals surface area contributed by atoms with Crippen molar-refractivity contribution in [2.75, 3.05) is 11.7 Å². The zero-order valence-corrected chi connectivity index (χ0v) is 18.1. The van der Waals surface area contributed by atoms with Gasteiger partial charge in [-0.1, -0.05) is 0 Å². The molecule has 2 amide bonds. The number of nitrogens with one attached hydrogen (secondary N) is 1. The predicted octanol–water partition coefficient (Wildman–Crippen LogP) is 2.21. The van der Waals surface area contributed by atoms with Crippen LogP contribution in [0.5, 0.6) is 5.75 Å². The molecule has 0 spiro atoms. The van der Waals surface area contributed by atoms with Crippen molar-refractivity contribution >= 4 is 11.8 Å². The average Bonchev–Trinajstić information content (AvgIpc) is 2.74. The minimum atomic E-state index is -1.19. The van der Waals surface area contributed by atoms with Gasteiger partial charge in [0.15, 0.2) is 11.4 Å². The Morgan fingerprint density at radius 2 is 1.76 bits per heavy atom. The van der Waals surface area contributed by atoms with Crippen LogP contribution >= 0.6 is 0 Å². The molecule has 0 aliphatic carbocycles. The summed E-state index contributed by atoms with van der Waals surface area (Å²) in [7, 11) is 0. The molecule has 0 unspecified atom stereocenters. The second kappa shape index (κ2) is 8.45. The summed E-state index contributed by atoms with van der Waals surface area (Å²) in [5, 5.41) is 14.6. The molecule has 2 atom stereocenters. The van der Waals surface area contributed by atoms with Gasteiger partial charge in [-0.15, -0.1) is 0 Å². The number of hydrogen-bond acceptors (Lipinski definition) is 5. The number of halogens is 3. The van der Waals surface area contributed by atoms with Crippen LogP contribution in [0.15, 0.2) is 23.1 Å². The average molecular weight is 464 g/mol. The number of pyridine rings is 1. The molecule has 1 aromatic heterocycles. The van der Waals surface area contributed by atoms with Crippen molar-refractivity contribution in [1.82, 2.24) is 14.9 Å². The van der Waals surface area contributed by atoms with E-state index in [2.05, 4.69) is 5.32 Å². The van der Waals surface area contributed by atoms with Crippen LogP contribution in [0.1, 0.15) is 59.5 Å². The molecule has 2 N–H and O–H groups in total. The number of benzene rings is 1. The van der Waals surface area contributed by atoms with Crippen LogP contribution in [0, 0.1) is 17.5 Å². The second-order valence-corrected chi connectivity index (χ2v) is 8.43. The molecule has 0 saturated carbocycles. The number of rotatable bonds is 3. The number of amides is 2. The third-order valence-corrected chi connectivity index (χ3v) is 6.26. The van der Waals surface area contributed by atoms with Gasteiger partial charge in [0.2, 0.25) is 5.43 Å². The Balaban J connectivity index is 1.71. The Morgan fingerprint density at radius 1 is 1.12 bits per heavy atom. The first-order valence-corrected chi connectivity index (χ1v) is 10.6. The van der Waals surface area contributed by atoms with Gasteiger partial charge < -0.3 is 15.3 Å². The first-order valence-electron chi connectivity index (χ1n) is 10.6. The van der Waals surface area contributed by atoms with Crippen molar-refractivity contribution < 1.29 is 27.9 Å². The molecule has 0 radical (unpaired) electrons. The van der Waals surface area contributed by atoms with E-state index in [-0.39, 0.29) is 24.4 Å². The standard InChI is InChI=1S/C22H23F3N4O4/c1-11-4-3-5-12(2)29-10-27(11)22(33)18-20(31)19(30)15(9-28(18)29)21(32)26-8-14-16(24)6-13(23)7-17(14)25/h6-7,9,11-12,31H,3-5,8,10H2,1-2H3,(H,26,32)/t11-,12-/m0/s1. The molecule has 8 nitrogen and oxygen atoms in total. The van der Waals surface area contributed by atoms with Crippen LogP contribution < -0.4 is 15.8 Å². The van der Waals surface area contributed by atoms with Crippen molar-refractivity contribution in [1.29, 1.82) is 0 Å². The molecule has 1 fully saturated rings. The number of fused-ring (bicyclic) bond motifs is 4. The lowest BCUT2D eigenvalue weighted by Crippen LogP contribution is -2.60. The summed E-state index contributed by atoms with van der Waals surface area (Å²) in [5.41, 5.74) is -2.39. The van der Waals surface area contributed by atoms with Crippen LogP contribution in [0.3, 0.4) is 0 Å². The van der Waals surface area contributed by atoms with Gasteiger partial charge in [-0.2, -0.15) is 0 Å². The van der Waals surface area contributed by atoms with Gasteiger partial charge in [0.05, 0.1) is 0 Å². The highest BCUT2D eigenvalue weighted by molar-refractivity contribution is 5.99. The molecular formula is C22H23F3N4O4. The maximum atomic E-state index is 13.9. The first-order chi connectivity index (χ1) is 15.6. The Morgan fingerprint density at radius 3 is 2.42 bits per heavy atom. The maximum absolute atomic E-state index is 13.9. The third-order valence-electron chi connectivity index (χ3n) is 6.26. The molecule has 3 heterocycles. The van der Waals surface area contributed by atoms with E-state index in [4.69, 9.17) is 0 Å². The van der Waals surface area contributed by atoms with Gasteiger partial charge in [0.1, 0.15) is 29.7 Å². The van der Waals surface area contributed by atoms with E-state index in [0.29, 0.717) is 12.1 Å². The van der Waals surface area contributed by atoms with Crippen LogP contribution in [0.4, 0.5) is 13.2 Å². The zero-order valence-electron chi connectivity index (χ0n) is 18.1. The molecule has 4 rings (SSSR count). The summed E-state index contributed by atoms with van der Waals surface area (Å²) < 4.78 is 42.2. The Bertz CT molecular complexity index is 1180. The van der Waals surface area contributed by atoms with E-state index in [1.54, 1.807) is 9.91 Å². The molecule has 176 valence electrons. The van der Waals surface area contributed by atoms with Gasteiger partial charge in [0, 0.05) is 42.5 Å². The normalized spacial score (nSPS) is 20.2. The van der Waals surface area contributed by atoms with E-state index in [9.17, 15) is 32.7 Å². The smallest absolute Gasteiger partial charge is 0.278 e. The molecule has 2 aromatic rings. The fraction of sp³-hybridized carbons (Fsp3) is 0.409. The van der Waals surface area contributed by atoms with Crippen LogP contribution in [-0.2, 0) is 6.54 Å². The molecule has 33 heavy (non-hydrogen) atoms. The topological polar surface area (TPSA) is 94.9 Å². The molecule has 1 saturated heterocycles. The minimum Gasteiger partial charge on any atom is -0.502 e. The highest BCUT2D eigenvalue weighted by atomic mass is 19.1. The lowest BCUT2D eigenvalue weighted by molar-refractivity contribution is 0.0565. The van der Waals surface area contributed by atoms with Gasteiger partial charge >= 0.3 is 0 Å². The molecular weight excluding hydrogens is 441 g/mol. The van der Waals surface area contributed by atoms with E-state index >= 15 is 0 Å². The van der Waals surface area contributed by atoms with E-state index < -0.39 is 58.1 Å². The van der Waals surface area contributed by atoms with Gasteiger partial charge in [-0.05, 0) is 33.1 Å². The lowest BCUT2D eigenvalue weighted by Gasteiger charge is -2.46. The summed E-state index contributed by atoms with van der Waals surface area (Å²) in [6.07, 6.45) is 3.60. The van der Waals surface area contributed by atoms with Gasteiger partial charge in [0.25, 0.3) is 11.8 Å². The summed E-state index contributed by atoms with van der Waals surface area (Å²) in [5.74, 6) is -5.88. The lowest BCUT2D eigenvalue weighted by atomic mass is 10.0. The third kappa shape index (κ3) is 3.91. The second-order valence-electron chi connectivity index (χ2n) is 8.43. The number of hydrogen-bond donors (Lipinski definition) is 2. The molecule has 2 aliphatic heterocycles. The fourth-order valence-electron chi connectivity index (χ4n) is 4.29. The number of carbonyl (C=O) groups excluding carboxylic acids is 2. The van der Waals surface area contributed by atoms with Crippen LogP contribution in [-0.4, -0.2) is 45.2 Å². The maximum Gasteiger partial charge on any atom is 0.278 e. The van der Waals surface area contributed by atoms with E-state index in [1.807, 2.05) is 13.8 Å². The fourth-order valence-corrected chi connectivity index (χ4v) is 4.29. The Hall–Kier alpha value is -3.50. The van der Waals surface area contributed by atoms with Crippen LogP contribution in [0.2, 0.25) is 0 Å². The monoisotopic (exact) mass is 464 g/mol. The number of aromatic nitrogens is 1. The SMILES string of the molecule is C[C@H]1CCC[C@H](C)N2CN1C(=O)c1c(O)c(=O)c(C(=O)NCc3c(F)cc(F)cc3F)cn12. The molecule has 11 heteroatoms. The number of nitrogens with zero attached hydrogens (tertiary/aromatic N) is 3. The summed E-state index contributed by atoms with van der Waals surface area (Å²) in [4.78, 5) is 40.1. The first kappa shape index (κ1) is 22.7. The largest absolute Gasteiger partial charge is 0.502 e. The number of carbonyl (C=O) groups is 2. The van der Waals surface area contributed by atoms with Crippen molar-refractivity contribution in [2.24, 2.45) is 0 Å². The van der Waals surface area contributed by atoms with Crippen LogP contribution in [0.25, 0.3) is 0 Å². The minimum absolute atomic E-state index is 0.0629. The van der Waals surface area contributed by atoms with E-state index in [0.717, 1.165) is 25.5 Å². The quantitative estimate of drug-likeness (QED) is 0.727. The van der Waals surface area contributed by atoms with Crippen molar-refractivity contribution in [3.8, 4) is 5.75 Å². The van der Waals surface area contributed by atoms with Crippen molar-refractivity contribution in [3.05, 3.63) is 62.8 Å². The zero-order chi connectivity index (χ0) is 24.0. The summed E-state index contributed by atoms with van der Waals surface area (Å²) in [6.45, 7) is 3.39.